The molecule has 0 saturated carbocycles. The van der Waals surface area contributed by atoms with Gasteiger partial charge in [0.2, 0.25) is 0 Å². The first kappa shape index (κ1) is 18.3. The van der Waals surface area contributed by atoms with Crippen molar-refractivity contribution in [2.45, 2.75) is 12.1 Å². The molecule has 0 aliphatic heterocycles. The smallest absolute Gasteiger partial charge is 0.276 e. The van der Waals surface area contributed by atoms with Crippen LogP contribution >= 0.6 is 0 Å². The molecular formula is C15H9F5N2O3. The number of carbonyl (C=O) groups is 1. The Hall–Kier alpha value is -3.04. The number of hydrogen-bond donors (Lipinski definition) is 0. The van der Waals surface area contributed by atoms with Crippen LogP contribution < -0.4 is 4.90 Å². The van der Waals surface area contributed by atoms with Crippen LogP contribution in [0, 0.1) is 10.1 Å². The van der Waals surface area contributed by atoms with Gasteiger partial charge in [0.15, 0.2) is 0 Å². The van der Waals surface area contributed by atoms with Gasteiger partial charge in [-0.3, -0.25) is 19.8 Å². The van der Waals surface area contributed by atoms with E-state index in [0.29, 0.717) is 0 Å². The SMILES string of the molecule is O=C(N(c1ccccc1)c1ccc([N+](=O)[O-])cc1)C(F)(F)C(F)(F)F. The number of carbonyl (C=O) groups excluding carboxylic acids is 1. The fourth-order valence-electron chi connectivity index (χ4n) is 1.95. The Labute approximate surface area is 137 Å². The number of non-ortho nitro benzene ring substituents is 1. The average molecular weight is 360 g/mol. The predicted octanol–water partition coefficient (Wildman–Crippen LogP) is 4.46. The molecule has 0 bridgehead atoms. The van der Waals surface area contributed by atoms with Gasteiger partial charge in [0.1, 0.15) is 0 Å². The van der Waals surface area contributed by atoms with E-state index < -0.39 is 28.6 Å². The minimum atomic E-state index is -6.09. The maximum Gasteiger partial charge on any atom is 0.463 e. The molecule has 0 aliphatic rings. The highest BCUT2D eigenvalue weighted by atomic mass is 19.4. The number of para-hydroxylation sites is 1. The lowest BCUT2D eigenvalue weighted by molar-refractivity contribution is -0.384. The number of nitrogens with zero attached hydrogens (tertiary/aromatic N) is 2. The molecule has 10 heteroatoms. The molecule has 0 heterocycles. The van der Waals surface area contributed by atoms with Gasteiger partial charge in [-0.05, 0) is 24.3 Å². The number of anilines is 2. The lowest BCUT2D eigenvalue weighted by Crippen LogP contribution is -2.50. The van der Waals surface area contributed by atoms with Crippen molar-refractivity contribution in [3.63, 3.8) is 0 Å². The van der Waals surface area contributed by atoms with Crippen LogP contribution in [0.3, 0.4) is 0 Å². The number of halogens is 5. The van der Waals surface area contributed by atoms with Crippen molar-refractivity contribution < 1.29 is 31.7 Å². The maximum absolute atomic E-state index is 13.5. The van der Waals surface area contributed by atoms with Crippen LogP contribution in [0.15, 0.2) is 54.6 Å². The molecule has 25 heavy (non-hydrogen) atoms. The minimum absolute atomic E-state index is 0.164. The molecule has 2 aromatic carbocycles. The summed E-state index contributed by atoms with van der Waals surface area (Å²) in [4.78, 5) is 22.0. The third kappa shape index (κ3) is 3.57. The molecule has 132 valence electrons. The fraction of sp³-hybridized carbons (Fsp3) is 0.133. The second-order valence-electron chi connectivity index (χ2n) is 4.82. The zero-order chi connectivity index (χ0) is 18.8. The molecule has 5 nitrogen and oxygen atoms in total. The zero-order valence-electron chi connectivity index (χ0n) is 12.2. The number of nitro benzene ring substituents is 1. The van der Waals surface area contributed by atoms with Crippen LogP contribution in [0.4, 0.5) is 39.0 Å². The molecule has 0 saturated heterocycles. The minimum Gasteiger partial charge on any atom is -0.276 e. The van der Waals surface area contributed by atoms with E-state index in [4.69, 9.17) is 0 Å². The number of rotatable bonds is 4. The molecule has 0 aromatic heterocycles. The van der Waals surface area contributed by atoms with Gasteiger partial charge in [-0.2, -0.15) is 22.0 Å². The Kier molecular flexibility index (Phi) is 4.73. The number of hydrogen-bond acceptors (Lipinski definition) is 3. The first-order valence-corrected chi connectivity index (χ1v) is 6.64. The molecule has 2 aromatic rings. The van der Waals surface area contributed by atoms with Crippen molar-refractivity contribution in [2.75, 3.05) is 4.90 Å². The summed E-state index contributed by atoms with van der Waals surface area (Å²) < 4.78 is 64.7. The largest absolute Gasteiger partial charge is 0.463 e. The van der Waals surface area contributed by atoms with Crippen molar-refractivity contribution in [1.82, 2.24) is 0 Å². The standard InChI is InChI=1S/C15H9F5N2O3/c16-14(17,15(18,19)20)13(23)21(10-4-2-1-3-5-10)11-6-8-12(9-7-11)22(24)25/h1-9H. The molecule has 1 amide bonds. The lowest BCUT2D eigenvalue weighted by Gasteiger charge is -2.28. The zero-order valence-corrected chi connectivity index (χ0v) is 12.2. The van der Waals surface area contributed by atoms with Crippen LogP contribution in [0.25, 0.3) is 0 Å². The van der Waals surface area contributed by atoms with Crippen LogP contribution in [0.2, 0.25) is 0 Å². The molecule has 0 radical (unpaired) electrons. The maximum atomic E-state index is 13.5. The first-order chi connectivity index (χ1) is 11.6. The second kappa shape index (κ2) is 6.46. The Morgan fingerprint density at radius 1 is 0.880 bits per heavy atom. The summed E-state index contributed by atoms with van der Waals surface area (Å²) in [5, 5.41) is 10.6. The first-order valence-electron chi connectivity index (χ1n) is 6.64. The van der Waals surface area contributed by atoms with E-state index in [9.17, 15) is 36.9 Å². The molecule has 0 aliphatic carbocycles. The van der Waals surface area contributed by atoms with Gasteiger partial charge < -0.3 is 0 Å². The summed E-state index contributed by atoms with van der Waals surface area (Å²) >= 11 is 0. The van der Waals surface area contributed by atoms with Gasteiger partial charge in [-0.25, -0.2) is 0 Å². The fourth-order valence-corrected chi connectivity index (χ4v) is 1.95. The van der Waals surface area contributed by atoms with Crippen molar-refractivity contribution in [3.8, 4) is 0 Å². The summed E-state index contributed by atoms with van der Waals surface area (Å²) in [6.07, 6.45) is -6.09. The van der Waals surface area contributed by atoms with E-state index in [-0.39, 0.29) is 16.3 Å². The van der Waals surface area contributed by atoms with Gasteiger partial charge in [0.05, 0.1) is 4.92 Å². The van der Waals surface area contributed by atoms with Crippen molar-refractivity contribution in [1.29, 1.82) is 0 Å². The second-order valence-corrected chi connectivity index (χ2v) is 4.82. The van der Waals surface area contributed by atoms with Crippen molar-refractivity contribution in [3.05, 3.63) is 64.7 Å². The van der Waals surface area contributed by atoms with Gasteiger partial charge in [0, 0.05) is 23.5 Å². The molecule has 0 fully saturated rings. The van der Waals surface area contributed by atoms with Crippen molar-refractivity contribution >= 4 is 23.0 Å². The van der Waals surface area contributed by atoms with E-state index in [1.54, 1.807) is 0 Å². The van der Waals surface area contributed by atoms with Gasteiger partial charge in [0.25, 0.3) is 5.69 Å². The summed E-state index contributed by atoms with van der Waals surface area (Å²) in [6, 6.07) is 10.1. The Balaban J connectivity index is 2.55. The molecular weight excluding hydrogens is 351 g/mol. The summed E-state index contributed by atoms with van der Waals surface area (Å²) in [5.74, 6) is -8.15. The summed E-state index contributed by atoms with van der Waals surface area (Å²) in [7, 11) is 0. The highest BCUT2D eigenvalue weighted by Crippen LogP contribution is 2.40. The summed E-state index contributed by atoms with van der Waals surface area (Å²) in [5.41, 5.74) is -1.03. The van der Waals surface area contributed by atoms with Gasteiger partial charge in [-0.15, -0.1) is 0 Å². The molecule has 0 spiro atoms. The normalized spacial score (nSPS) is 11.9. The quantitative estimate of drug-likeness (QED) is 0.459. The molecule has 0 atom stereocenters. The highest BCUT2D eigenvalue weighted by molar-refractivity contribution is 6.05. The monoisotopic (exact) mass is 360 g/mol. The lowest BCUT2D eigenvalue weighted by atomic mass is 10.2. The summed E-state index contributed by atoms with van der Waals surface area (Å²) in [6.45, 7) is 0. The van der Waals surface area contributed by atoms with E-state index >= 15 is 0 Å². The Bertz CT molecular complexity index is 776. The van der Waals surface area contributed by atoms with Crippen LogP contribution in [-0.4, -0.2) is 22.9 Å². The van der Waals surface area contributed by atoms with E-state index in [0.717, 1.165) is 36.4 Å². The van der Waals surface area contributed by atoms with Crippen molar-refractivity contribution in [2.24, 2.45) is 0 Å². The topological polar surface area (TPSA) is 63.5 Å². The molecule has 0 unspecified atom stereocenters. The third-order valence-electron chi connectivity index (χ3n) is 3.16. The Morgan fingerprint density at radius 3 is 1.80 bits per heavy atom. The number of amides is 1. The molecule has 0 N–H and O–H groups in total. The average Bonchev–Trinajstić information content (AvgIpc) is 2.55. The van der Waals surface area contributed by atoms with E-state index in [1.807, 2.05) is 0 Å². The number of nitro groups is 1. The van der Waals surface area contributed by atoms with Gasteiger partial charge in [-0.1, -0.05) is 18.2 Å². The van der Waals surface area contributed by atoms with Crippen LogP contribution in [0.1, 0.15) is 0 Å². The number of benzene rings is 2. The highest BCUT2D eigenvalue weighted by Gasteiger charge is 2.65. The number of alkyl halides is 5. The van der Waals surface area contributed by atoms with Gasteiger partial charge >= 0.3 is 18.0 Å². The molecule has 2 rings (SSSR count). The third-order valence-corrected chi connectivity index (χ3v) is 3.16. The van der Waals surface area contributed by atoms with Crippen LogP contribution in [0.5, 0.6) is 0 Å². The van der Waals surface area contributed by atoms with Crippen LogP contribution in [-0.2, 0) is 4.79 Å². The van der Waals surface area contributed by atoms with E-state index in [2.05, 4.69) is 0 Å². The Morgan fingerprint density at radius 2 is 1.36 bits per heavy atom. The van der Waals surface area contributed by atoms with E-state index in [1.165, 1.54) is 18.2 Å². The predicted molar refractivity (Wildman–Crippen MR) is 77.7 cm³/mol.